The molecule has 4 rings (SSSR count). The molecule has 0 unspecified atom stereocenters. The number of carbonyl (C=O) groups excluding carboxylic acids is 3. The van der Waals surface area contributed by atoms with Gasteiger partial charge in [-0.1, -0.05) is 72.3 Å². The summed E-state index contributed by atoms with van der Waals surface area (Å²) in [5.41, 5.74) is 11.1. The number of benzene rings is 4. The van der Waals surface area contributed by atoms with E-state index in [1.54, 1.807) is 18.2 Å². The van der Waals surface area contributed by atoms with Crippen LogP contribution in [-0.4, -0.2) is 32.4 Å². The van der Waals surface area contributed by atoms with E-state index in [0.29, 0.717) is 28.6 Å². The molecular formula is C33H36N4O5. The summed E-state index contributed by atoms with van der Waals surface area (Å²) < 4.78 is 10.1. The topological polar surface area (TPSA) is 132 Å². The Morgan fingerprint density at radius 2 is 1.14 bits per heavy atom. The molecule has 0 saturated heterocycles. The van der Waals surface area contributed by atoms with Gasteiger partial charge in [-0.15, -0.1) is 0 Å². The number of carbonyl (C=O) groups is 1. The number of nitrogens with zero attached hydrogens (tertiary/aromatic N) is 2. The van der Waals surface area contributed by atoms with E-state index in [4.69, 9.17) is 15.2 Å². The number of aliphatic imine (C=N–C) groups is 2. The number of para-hydroxylation sites is 1. The number of hydrogen-bond acceptors (Lipinski definition) is 7. The molecule has 0 radical (unpaired) electrons. The minimum absolute atomic E-state index is 0.435. The first-order chi connectivity index (χ1) is 20.2. The quantitative estimate of drug-likeness (QED) is 0.191. The zero-order chi connectivity index (χ0) is 31.3. The Bertz CT molecular complexity index is 1460. The number of aryl methyl sites for hydroxylation is 4. The molecule has 0 saturated carbocycles. The highest BCUT2D eigenvalue weighted by molar-refractivity contribution is 5.91. The predicted molar refractivity (Wildman–Crippen MR) is 167 cm³/mol. The fraction of sp³-hybridized carbons (Fsp3) is 0.182. The molecular weight excluding hydrogens is 532 g/mol. The third kappa shape index (κ3) is 13.0. The Morgan fingerprint density at radius 1 is 0.667 bits per heavy atom. The number of methoxy groups -OCH3 is 2. The maximum atomic E-state index is 10.7. The molecule has 0 fully saturated rings. The van der Waals surface area contributed by atoms with Gasteiger partial charge in [-0.05, 0) is 68.7 Å². The lowest BCUT2D eigenvalue weighted by atomic mass is 10.1. The fourth-order valence-electron chi connectivity index (χ4n) is 3.35. The molecule has 0 heterocycles. The number of ether oxygens (including phenoxy) is 2. The van der Waals surface area contributed by atoms with E-state index in [2.05, 4.69) is 15.3 Å². The van der Waals surface area contributed by atoms with Crippen LogP contribution in [0.15, 0.2) is 101 Å². The van der Waals surface area contributed by atoms with Crippen molar-refractivity contribution in [1.82, 2.24) is 0 Å². The molecule has 0 aliphatic carbocycles. The van der Waals surface area contributed by atoms with Gasteiger partial charge in [0.1, 0.15) is 17.2 Å². The molecule has 0 bridgehead atoms. The second kappa shape index (κ2) is 19.6. The van der Waals surface area contributed by atoms with Gasteiger partial charge >= 0.3 is 6.03 Å². The van der Waals surface area contributed by atoms with Gasteiger partial charge in [0.05, 0.1) is 25.6 Å². The highest BCUT2D eigenvalue weighted by atomic mass is 16.5. The second-order valence-corrected chi connectivity index (χ2v) is 8.67. The van der Waals surface area contributed by atoms with E-state index < -0.39 is 6.03 Å². The van der Waals surface area contributed by atoms with Crippen molar-refractivity contribution in [3.05, 3.63) is 113 Å². The van der Waals surface area contributed by atoms with Crippen LogP contribution in [0.25, 0.3) is 0 Å². The van der Waals surface area contributed by atoms with Gasteiger partial charge in [0.25, 0.3) is 0 Å². The van der Waals surface area contributed by atoms with Crippen molar-refractivity contribution in [1.29, 1.82) is 0 Å². The SMILES string of the molecule is COc1cccc(OC)c1NC(N)=O.Cc1ccc(C)c(N=C=O)c1.Cc1ccc(N=C=O)c(C)c1.c1ccccc1. The number of hydrogen-bond donors (Lipinski definition) is 2. The van der Waals surface area contributed by atoms with E-state index in [1.807, 2.05) is 100 Å². The zero-order valence-corrected chi connectivity index (χ0v) is 24.7. The fourth-order valence-corrected chi connectivity index (χ4v) is 3.35. The molecule has 0 atom stereocenters. The molecule has 9 nitrogen and oxygen atoms in total. The van der Waals surface area contributed by atoms with Crippen molar-refractivity contribution < 1.29 is 23.9 Å². The number of anilines is 1. The van der Waals surface area contributed by atoms with Gasteiger partial charge in [-0.25, -0.2) is 14.4 Å². The van der Waals surface area contributed by atoms with Crippen molar-refractivity contribution in [3.8, 4) is 11.5 Å². The van der Waals surface area contributed by atoms with Gasteiger partial charge in [-0.3, -0.25) is 0 Å². The summed E-state index contributed by atoms with van der Waals surface area (Å²) in [4.78, 5) is 37.7. The molecule has 9 heteroatoms. The van der Waals surface area contributed by atoms with E-state index >= 15 is 0 Å². The minimum Gasteiger partial charge on any atom is -0.494 e. The number of rotatable bonds is 5. The summed E-state index contributed by atoms with van der Waals surface area (Å²) in [6, 6.07) is 28.0. The molecule has 3 N–H and O–H groups in total. The smallest absolute Gasteiger partial charge is 0.316 e. The van der Waals surface area contributed by atoms with Crippen molar-refractivity contribution in [2.45, 2.75) is 27.7 Å². The summed E-state index contributed by atoms with van der Waals surface area (Å²) in [5, 5.41) is 2.43. The van der Waals surface area contributed by atoms with Crippen LogP contribution in [0, 0.1) is 27.7 Å². The lowest BCUT2D eigenvalue weighted by Gasteiger charge is -2.12. The van der Waals surface area contributed by atoms with Gasteiger partial charge in [0, 0.05) is 0 Å². The van der Waals surface area contributed by atoms with Crippen molar-refractivity contribution in [2.24, 2.45) is 15.7 Å². The van der Waals surface area contributed by atoms with E-state index in [-0.39, 0.29) is 0 Å². The maximum Gasteiger partial charge on any atom is 0.316 e. The van der Waals surface area contributed by atoms with Gasteiger partial charge < -0.3 is 20.5 Å². The van der Waals surface area contributed by atoms with Crippen LogP contribution in [0.4, 0.5) is 21.9 Å². The molecule has 4 aromatic rings. The van der Waals surface area contributed by atoms with E-state index in [9.17, 15) is 14.4 Å². The number of nitrogens with two attached hydrogens (primary N) is 1. The summed E-state index contributed by atoms with van der Waals surface area (Å²) in [7, 11) is 3.00. The predicted octanol–water partition coefficient (Wildman–Crippen LogP) is 7.42. The number of urea groups is 1. The van der Waals surface area contributed by atoms with Gasteiger partial charge in [0.2, 0.25) is 12.2 Å². The van der Waals surface area contributed by atoms with Crippen LogP contribution in [-0.2, 0) is 9.59 Å². The third-order valence-electron chi connectivity index (χ3n) is 5.39. The highest BCUT2D eigenvalue weighted by Gasteiger charge is 2.10. The first-order valence-electron chi connectivity index (χ1n) is 12.7. The van der Waals surface area contributed by atoms with E-state index in [1.165, 1.54) is 31.9 Å². The van der Waals surface area contributed by atoms with Crippen LogP contribution in [0.2, 0.25) is 0 Å². The maximum absolute atomic E-state index is 10.7. The molecule has 42 heavy (non-hydrogen) atoms. The Kier molecular flexibility index (Phi) is 16.1. The summed E-state index contributed by atoms with van der Waals surface area (Å²) in [5.74, 6) is 1.01. The Hall–Kier alpha value is -5.49. The normalized spacial score (nSPS) is 8.90. The largest absolute Gasteiger partial charge is 0.494 e. The molecule has 0 aromatic heterocycles. The van der Waals surface area contributed by atoms with Crippen LogP contribution in [0.1, 0.15) is 22.3 Å². The third-order valence-corrected chi connectivity index (χ3v) is 5.39. The van der Waals surface area contributed by atoms with Crippen molar-refractivity contribution in [3.63, 3.8) is 0 Å². The molecule has 0 aliphatic rings. The molecule has 0 spiro atoms. The van der Waals surface area contributed by atoms with Crippen molar-refractivity contribution >= 4 is 35.3 Å². The lowest BCUT2D eigenvalue weighted by molar-refractivity contribution is 0.259. The molecule has 4 aromatic carbocycles. The standard InChI is InChI=1S/C9H12N2O3.2C9H9NO.C6H6/c1-13-6-4-3-5-7(14-2)8(6)11-9(10)12;1-7-3-4-9(10-6-11)8(2)5-7;1-7-3-4-8(2)9(5-7)10-6-11;1-2-4-6-5-3-1/h3-5H,1-2H3,(H3,10,11,12);2*3-5H,1-2H3;1-6H. The Balaban J connectivity index is 0.000000289. The van der Waals surface area contributed by atoms with Gasteiger partial charge in [0.15, 0.2) is 0 Å². The number of nitrogens with one attached hydrogen (secondary N) is 1. The first-order valence-corrected chi connectivity index (χ1v) is 12.7. The van der Waals surface area contributed by atoms with E-state index in [0.717, 1.165) is 16.7 Å². The van der Waals surface area contributed by atoms with Crippen molar-refractivity contribution in [2.75, 3.05) is 19.5 Å². The highest BCUT2D eigenvalue weighted by Crippen LogP contribution is 2.33. The zero-order valence-electron chi connectivity index (χ0n) is 24.7. The number of primary amides is 1. The lowest BCUT2D eigenvalue weighted by Crippen LogP contribution is -2.20. The molecule has 218 valence electrons. The summed E-state index contributed by atoms with van der Waals surface area (Å²) in [6.07, 6.45) is 3.05. The first kappa shape index (κ1) is 34.5. The monoisotopic (exact) mass is 568 g/mol. The summed E-state index contributed by atoms with van der Waals surface area (Å²) in [6.45, 7) is 7.80. The molecule has 2 amide bonds. The van der Waals surface area contributed by atoms with Crippen LogP contribution in [0.3, 0.4) is 0 Å². The van der Waals surface area contributed by atoms with Crippen LogP contribution in [0.5, 0.6) is 11.5 Å². The minimum atomic E-state index is -0.659. The average molecular weight is 569 g/mol. The Labute approximate surface area is 246 Å². The Morgan fingerprint density at radius 3 is 1.60 bits per heavy atom. The molecule has 0 aliphatic heterocycles. The number of amides is 2. The number of isocyanates is 2. The average Bonchev–Trinajstić information content (AvgIpc) is 2.98. The summed E-state index contributed by atoms with van der Waals surface area (Å²) >= 11 is 0. The second-order valence-electron chi connectivity index (χ2n) is 8.67. The van der Waals surface area contributed by atoms with Crippen LogP contribution < -0.4 is 20.5 Å². The van der Waals surface area contributed by atoms with Gasteiger partial charge in [-0.2, -0.15) is 9.98 Å². The van der Waals surface area contributed by atoms with Crippen LogP contribution >= 0.6 is 0 Å².